The summed E-state index contributed by atoms with van der Waals surface area (Å²) in [7, 11) is 0. The Kier molecular flexibility index (Phi) is 10.0. The summed E-state index contributed by atoms with van der Waals surface area (Å²) in [5, 5.41) is 0. The number of hydrogen-bond acceptors (Lipinski definition) is 1. The van der Waals surface area contributed by atoms with Gasteiger partial charge in [0.15, 0.2) is 0 Å². The average molecular weight is 185 g/mol. The van der Waals surface area contributed by atoms with E-state index in [2.05, 4.69) is 27.2 Å². The average Bonchev–Trinajstić information content (AvgIpc) is 2.13. The molecule has 0 spiro atoms. The van der Waals surface area contributed by atoms with Gasteiger partial charge in [0, 0.05) is 13.2 Å². The van der Waals surface area contributed by atoms with E-state index in [9.17, 15) is 0 Å². The van der Waals surface area contributed by atoms with Crippen molar-refractivity contribution in [2.45, 2.75) is 52.9 Å². The van der Waals surface area contributed by atoms with Gasteiger partial charge in [0.05, 0.1) is 0 Å². The van der Waals surface area contributed by atoms with E-state index in [1.165, 1.54) is 32.1 Å². The van der Waals surface area contributed by atoms with Crippen molar-refractivity contribution >= 4 is 0 Å². The highest BCUT2D eigenvalue weighted by molar-refractivity contribution is 4.59. The second kappa shape index (κ2) is 10.0. The van der Waals surface area contributed by atoms with Gasteiger partial charge < -0.3 is 4.74 Å². The van der Waals surface area contributed by atoms with Crippen molar-refractivity contribution in [1.29, 1.82) is 0 Å². The first kappa shape index (κ1) is 13.0. The fourth-order valence-electron chi connectivity index (χ4n) is 1.49. The van der Waals surface area contributed by atoms with Crippen molar-refractivity contribution in [3.05, 3.63) is 6.42 Å². The van der Waals surface area contributed by atoms with Gasteiger partial charge in [-0.2, -0.15) is 0 Å². The van der Waals surface area contributed by atoms with Gasteiger partial charge >= 0.3 is 0 Å². The number of hydrogen-bond donors (Lipinski definition) is 0. The highest BCUT2D eigenvalue weighted by atomic mass is 16.5. The Balaban J connectivity index is 3.05. The molecule has 79 valence electrons. The SMILES string of the molecule is C[CH]CCCC(C)CCCOCC. The Morgan fingerprint density at radius 3 is 2.54 bits per heavy atom. The van der Waals surface area contributed by atoms with Crippen molar-refractivity contribution in [3.63, 3.8) is 0 Å². The van der Waals surface area contributed by atoms with Crippen LogP contribution in [-0.2, 0) is 4.74 Å². The number of rotatable bonds is 9. The van der Waals surface area contributed by atoms with Crippen LogP contribution in [0.25, 0.3) is 0 Å². The van der Waals surface area contributed by atoms with Crippen LogP contribution < -0.4 is 0 Å². The van der Waals surface area contributed by atoms with Crippen LogP contribution in [0.3, 0.4) is 0 Å². The van der Waals surface area contributed by atoms with Crippen LogP contribution in [0.2, 0.25) is 0 Å². The van der Waals surface area contributed by atoms with Crippen LogP contribution in [0.15, 0.2) is 0 Å². The van der Waals surface area contributed by atoms with Crippen LogP contribution in [0, 0.1) is 12.3 Å². The molecule has 1 radical (unpaired) electrons. The van der Waals surface area contributed by atoms with Gasteiger partial charge in [-0.05, 0) is 32.1 Å². The summed E-state index contributed by atoms with van der Waals surface area (Å²) in [5.74, 6) is 0.875. The van der Waals surface area contributed by atoms with Gasteiger partial charge in [-0.15, -0.1) is 0 Å². The number of unbranched alkanes of at least 4 members (excludes halogenated alkanes) is 2. The van der Waals surface area contributed by atoms with Crippen molar-refractivity contribution in [1.82, 2.24) is 0 Å². The monoisotopic (exact) mass is 185 g/mol. The Labute approximate surface area is 83.9 Å². The predicted octanol–water partition coefficient (Wildman–Crippen LogP) is 3.83. The van der Waals surface area contributed by atoms with Gasteiger partial charge in [0.2, 0.25) is 0 Å². The molecule has 0 heterocycles. The van der Waals surface area contributed by atoms with Crippen LogP contribution in [0.4, 0.5) is 0 Å². The zero-order valence-electron chi connectivity index (χ0n) is 9.51. The maximum absolute atomic E-state index is 5.30. The van der Waals surface area contributed by atoms with E-state index in [1.54, 1.807) is 0 Å². The minimum atomic E-state index is 0.860. The third-order valence-corrected chi connectivity index (χ3v) is 2.38. The third kappa shape index (κ3) is 9.88. The van der Waals surface area contributed by atoms with Crippen LogP contribution in [-0.4, -0.2) is 13.2 Å². The molecule has 0 N–H and O–H groups in total. The minimum absolute atomic E-state index is 0.860. The van der Waals surface area contributed by atoms with Crippen LogP contribution in [0.1, 0.15) is 52.9 Å². The molecule has 0 fully saturated rings. The summed E-state index contributed by atoms with van der Waals surface area (Å²) >= 11 is 0. The van der Waals surface area contributed by atoms with Crippen molar-refractivity contribution in [2.24, 2.45) is 5.92 Å². The molecular formula is C12H25O. The zero-order valence-corrected chi connectivity index (χ0v) is 9.51. The predicted molar refractivity (Wildman–Crippen MR) is 58.7 cm³/mol. The quantitative estimate of drug-likeness (QED) is 0.496. The summed E-state index contributed by atoms with van der Waals surface area (Å²) in [6, 6.07) is 0. The molecule has 0 saturated carbocycles. The standard InChI is InChI=1S/C12H25O/c1-4-6-7-9-12(3)10-8-11-13-5-2/h4,12H,5-11H2,1-3H3. The van der Waals surface area contributed by atoms with E-state index in [-0.39, 0.29) is 0 Å². The smallest absolute Gasteiger partial charge is 0.0465 e. The molecule has 1 unspecified atom stereocenters. The molecule has 0 saturated heterocycles. The van der Waals surface area contributed by atoms with Gasteiger partial charge in [-0.1, -0.05) is 33.1 Å². The van der Waals surface area contributed by atoms with Crippen molar-refractivity contribution < 1.29 is 4.74 Å². The fourth-order valence-corrected chi connectivity index (χ4v) is 1.49. The second-order valence-electron chi connectivity index (χ2n) is 3.78. The Bertz CT molecular complexity index is 91.1. The topological polar surface area (TPSA) is 9.23 Å². The van der Waals surface area contributed by atoms with E-state index in [0.29, 0.717) is 0 Å². The molecule has 1 heteroatoms. The largest absolute Gasteiger partial charge is 0.382 e. The Hall–Kier alpha value is -0.0400. The Morgan fingerprint density at radius 1 is 1.23 bits per heavy atom. The first-order valence-electron chi connectivity index (χ1n) is 5.66. The zero-order chi connectivity index (χ0) is 9.94. The first-order chi connectivity index (χ1) is 6.31. The molecule has 0 bridgehead atoms. The molecule has 0 rings (SSSR count). The lowest BCUT2D eigenvalue weighted by molar-refractivity contribution is 0.139. The first-order valence-corrected chi connectivity index (χ1v) is 5.66. The highest BCUT2D eigenvalue weighted by Gasteiger charge is 2.00. The minimum Gasteiger partial charge on any atom is -0.382 e. The van der Waals surface area contributed by atoms with Crippen molar-refractivity contribution in [3.8, 4) is 0 Å². The molecule has 0 aliphatic rings. The second-order valence-corrected chi connectivity index (χ2v) is 3.78. The maximum Gasteiger partial charge on any atom is 0.0465 e. The summed E-state index contributed by atoms with van der Waals surface area (Å²) in [5.41, 5.74) is 0. The Morgan fingerprint density at radius 2 is 1.92 bits per heavy atom. The number of ether oxygens (including phenoxy) is 1. The molecular weight excluding hydrogens is 160 g/mol. The molecule has 0 aliphatic heterocycles. The van der Waals surface area contributed by atoms with E-state index < -0.39 is 0 Å². The molecule has 0 aromatic heterocycles. The molecule has 0 aromatic rings. The summed E-state index contributed by atoms with van der Waals surface area (Å²) in [4.78, 5) is 0. The molecule has 1 nitrogen and oxygen atoms in total. The fraction of sp³-hybridized carbons (Fsp3) is 0.917. The summed E-state index contributed by atoms with van der Waals surface area (Å²) in [6.45, 7) is 8.35. The molecule has 0 amide bonds. The van der Waals surface area contributed by atoms with Crippen LogP contribution >= 0.6 is 0 Å². The molecule has 0 aliphatic carbocycles. The van der Waals surface area contributed by atoms with E-state index in [1.807, 2.05) is 0 Å². The van der Waals surface area contributed by atoms with Gasteiger partial charge in [-0.25, -0.2) is 0 Å². The highest BCUT2D eigenvalue weighted by Crippen LogP contribution is 2.14. The lowest BCUT2D eigenvalue weighted by Gasteiger charge is -2.10. The third-order valence-electron chi connectivity index (χ3n) is 2.38. The van der Waals surface area contributed by atoms with Gasteiger partial charge in [-0.3, -0.25) is 0 Å². The van der Waals surface area contributed by atoms with E-state index in [4.69, 9.17) is 4.74 Å². The molecule has 13 heavy (non-hydrogen) atoms. The molecule has 0 aromatic carbocycles. The molecule has 1 atom stereocenters. The van der Waals surface area contributed by atoms with Gasteiger partial charge in [0.25, 0.3) is 0 Å². The van der Waals surface area contributed by atoms with E-state index in [0.717, 1.165) is 19.1 Å². The van der Waals surface area contributed by atoms with E-state index >= 15 is 0 Å². The normalized spacial score (nSPS) is 13.2. The summed E-state index contributed by atoms with van der Waals surface area (Å²) in [6.07, 6.45) is 8.81. The lowest BCUT2D eigenvalue weighted by Crippen LogP contribution is -1.99. The maximum atomic E-state index is 5.30. The van der Waals surface area contributed by atoms with Crippen molar-refractivity contribution in [2.75, 3.05) is 13.2 Å². The van der Waals surface area contributed by atoms with Gasteiger partial charge in [0.1, 0.15) is 0 Å². The summed E-state index contributed by atoms with van der Waals surface area (Å²) < 4.78 is 5.30. The van der Waals surface area contributed by atoms with Crippen LogP contribution in [0.5, 0.6) is 0 Å². The lowest BCUT2D eigenvalue weighted by atomic mass is 9.98.